The Bertz CT molecular complexity index is 685. The van der Waals surface area contributed by atoms with Crippen molar-refractivity contribution in [2.75, 3.05) is 11.5 Å². The Labute approximate surface area is 98.5 Å². The van der Waals surface area contributed by atoms with E-state index in [0.29, 0.717) is 5.69 Å². The number of fused-ring (bicyclic) bond motifs is 1. The van der Waals surface area contributed by atoms with Crippen LogP contribution in [0.4, 0.5) is 11.4 Å². The molecule has 0 atom stereocenters. The first-order valence-electron chi connectivity index (χ1n) is 5.33. The summed E-state index contributed by atoms with van der Waals surface area (Å²) in [6.45, 7) is 0. The normalized spacial score (nSPS) is 10.8. The second kappa shape index (κ2) is 3.52. The molecule has 0 bridgehead atoms. The number of nitrogen functional groups attached to an aromatic ring is 2. The summed E-state index contributed by atoms with van der Waals surface area (Å²) in [4.78, 5) is 4.32. The van der Waals surface area contributed by atoms with Gasteiger partial charge in [0.05, 0.1) is 22.4 Å². The van der Waals surface area contributed by atoms with Crippen LogP contribution in [0.2, 0.25) is 0 Å². The zero-order chi connectivity index (χ0) is 11.8. The van der Waals surface area contributed by atoms with Gasteiger partial charge in [-0.3, -0.25) is 4.57 Å². The van der Waals surface area contributed by atoms with Gasteiger partial charge in [0.2, 0.25) is 0 Å². The van der Waals surface area contributed by atoms with E-state index in [-0.39, 0.29) is 0 Å². The molecule has 2 aromatic carbocycles. The summed E-state index contributed by atoms with van der Waals surface area (Å²) in [6.07, 6.45) is 1.76. The molecule has 0 aliphatic carbocycles. The topological polar surface area (TPSA) is 69.9 Å². The summed E-state index contributed by atoms with van der Waals surface area (Å²) in [5, 5.41) is 0. The molecule has 1 aromatic heterocycles. The molecule has 17 heavy (non-hydrogen) atoms. The smallest absolute Gasteiger partial charge is 0.100 e. The molecule has 0 fully saturated rings. The Hall–Kier alpha value is -2.49. The van der Waals surface area contributed by atoms with Gasteiger partial charge >= 0.3 is 0 Å². The number of para-hydroxylation sites is 2. The van der Waals surface area contributed by atoms with Gasteiger partial charge in [-0.1, -0.05) is 12.1 Å². The summed E-state index contributed by atoms with van der Waals surface area (Å²) in [5.41, 5.74) is 15.9. The van der Waals surface area contributed by atoms with Crippen LogP contribution in [-0.2, 0) is 0 Å². The Morgan fingerprint density at radius 2 is 1.82 bits per heavy atom. The van der Waals surface area contributed by atoms with Crippen LogP contribution >= 0.6 is 0 Å². The Morgan fingerprint density at radius 1 is 1.00 bits per heavy atom. The second-order valence-corrected chi connectivity index (χ2v) is 3.92. The van der Waals surface area contributed by atoms with Crippen LogP contribution in [0, 0.1) is 0 Å². The fourth-order valence-electron chi connectivity index (χ4n) is 1.93. The lowest BCUT2D eigenvalue weighted by atomic mass is 10.2. The SMILES string of the molecule is Nc1ccc2c(c1)ncn2-c1ccccc1N. The van der Waals surface area contributed by atoms with Gasteiger partial charge in [0, 0.05) is 5.69 Å². The summed E-state index contributed by atoms with van der Waals surface area (Å²) >= 11 is 0. The Morgan fingerprint density at radius 3 is 2.65 bits per heavy atom. The van der Waals surface area contributed by atoms with E-state index in [1.807, 2.05) is 47.0 Å². The number of benzene rings is 2. The minimum Gasteiger partial charge on any atom is -0.399 e. The molecule has 4 nitrogen and oxygen atoms in total. The van der Waals surface area contributed by atoms with Gasteiger partial charge in [-0.25, -0.2) is 4.98 Å². The summed E-state index contributed by atoms with van der Waals surface area (Å²) < 4.78 is 1.96. The van der Waals surface area contributed by atoms with Crippen LogP contribution in [0.5, 0.6) is 0 Å². The number of nitrogens with two attached hydrogens (primary N) is 2. The largest absolute Gasteiger partial charge is 0.399 e. The lowest BCUT2D eigenvalue weighted by Crippen LogP contribution is -1.97. The fraction of sp³-hybridized carbons (Fsp3) is 0. The van der Waals surface area contributed by atoms with Gasteiger partial charge < -0.3 is 11.5 Å². The fourth-order valence-corrected chi connectivity index (χ4v) is 1.93. The van der Waals surface area contributed by atoms with Crippen molar-refractivity contribution in [3.8, 4) is 5.69 Å². The first kappa shape index (κ1) is 9.72. The predicted molar refractivity (Wildman–Crippen MR) is 69.9 cm³/mol. The number of hydrogen-bond acceptors (Lipinski definition) is 3. The van der Waals surface area contributed by atoms with E-state index in [2.05, 4.69) is 4.98 Å². The highest BCUT2D eigenvalue weighted by Gasteiger charge is 2.06. The number of nitrogens with zero attached hydrogens (tertiary/aromatic N) is 2. The summed E-state index contributed by atoms with van der Waals surface area (Å²) in [7, 11) is 0. The van der Waals surface area contributed by atoms with Crippen molar-refractivity contribution in [2.24, 2.45) is 0 Å². The van der Waals surface area contributed by atoms with E-state index in [1.54, 1.807) is 6.33 Å². The number of hydrogen-bond donors (Lipinski definition) is 2. The molecule has 0 aliphatic rings. The first-order chi connectivity index (χ1) is 8.25. The van der Waals surface area contributed by atoms with Crippen molar-refractivity contribution in [1.29, 1.82) is 0 Å². The molecular formula is C13H12N4. The van der Waals surface area contributed by atoms with Crippen molar-refractivity contribution >= 4 is 22.4 Å². The number of rotatable bonds is 1. The molecule has 84 valence electrons. The van der Waals surface area contributed by atoms with E-state index in [4.69, 9.17) is 11.5 Å². The number of imidazole rings is 1. The van der Waals surface area contributed by atoms with Gasteiger partial charge in [0.1, 0.15) is 6.33 Å². The maximum absolute atomic E-state index is 5.96. The van der Waals surface area contributed by atoms with Crippen LogP contribution in [0.25, 0.3) is 16.7 Å². The third kappa shape index (κ3) is 1.50. The zero-order valence-corrected chi connectivity index (χ0v) is 9.17. The first-order valence-corrected chi connectivity index (χ1v) is 5.33. The molecule has 4 heteroatoms. The molecule has 0 amide bonds. The van der Waals surface area contributed by atoms with Crippen molar-refractivity contribution in [2.45, 2.75) is 0 Å². The average Bonchev–Trinajstić information content (AvgIpc) is 2.72. The highest BCUT2D eigenvalue weighted by molar-refractivity contribution is 5.81. The lowest BCUT2D eigenvalue weighted by molar-refractivity contribution is 1.10. The maximum atomic E-state index is 5.96. The second-order valence-electron chi connectivity index (χ2n) is 3.92. The van der Waals surface area contributed by atoms with Crippen molar-refractivity contribution in [3.05, 3.63) is 48.8 Å². The average molecular weight is 224 g/mol. The molecule has 0 saturated carbocycles. The van der Waals surface area contributed by atoms with Crippen LogP contribution < -0.4 is 11.5 Å². The van der Waals surface area contributed by atoms with Gasteiger partial charge in [0.25, 0.3) is 0 Å². The summed E-state index contributed by atoms with van der Waals surface area (Å²) in [5.74, 6) is 0. The molecule has 3 rings (SSSR count). The minimum atomic E-state index is 0.712. The molecule has 1 heterocycles. The van der Waals surface area contributed by atoms with E-state index >= 15 is 0 Å². The van der Waals surface area contributed by atoms with E-state index in [1.165, 1.54) is 0 Å². The third-order valence-corrected chi connectivity index (χ3v) is 2.77. The van der Waals surface area contributed by atoms with Crippen molar-refractivity contribution in [1.82, 2.24) is 9.55 Å². The molecule has 0 unspecified atom stereocenters. The van der Waals surface area contributed by atoms with E-state index < -0.39 is 0 Å². The number of anilines is 2. The molecule has 0 radical (unpaired) electrons. The molecule has 0 saturated heterocycles. The highest BCUT2D eigenvalue weighted by atomic mass is 15.1. The third-order valence-electron chi connectivity index (χ3n) is 2.77. The van der Waals surface area contributed by atoms with Gasteiger partial charge in [-0.15, -0.1) is 0 Å². The number of aromatic nitrogens is 2. The minimum absolute atomic E-state index is 0.712. The molecule has 0 aliphatic heterocycles. The molecule has 0 spiro atoms. The van der Waals surface area contributed by atoms with Gasteiger partial charge in [-0.05, 0) is 30.3 Å². The molecule has 3 aromatic rings. The standard InChI is InChI=1S/C13H12N4/c14-9-5-6-13-11(7-9)16-8-17(13)12-4-2-1-3-10(12)15/h1-8H,14-15H2. The molecule has 4 N–H and O–H groups in total. The van der Waals surface area contributed by atoms with E-state index in [0.717, 1.165) is 22.4 Å². The van der Waals surface area contributed by atoms with Gasteiger partial charge in [0.15, 0.2) is 0 Å². The van der Waals surface area contributed by atoms with Gasteiger partial charge in [-0.2, -0.15) is 0 Å². The molecular weight excluding hydrogens is 212 g/mol. The summed E-state index contributed by atoms with van der Waals surface area (Å²) in [6, 6.07) is 13.4. The quantitative estimate of drug-likeness (QED) is 0.622. The van der Waals surface area contributed by atoms with Crippen molar-refractivity contribution < 1.29 is 0 Å². The Kier molecular flexibility index (Phi) is 2.01. The van der Waals surface area contributed by atoms with Crippen LogP contribution in [0.15, 0.2) is 48.8 Å². The lowest BCUT2D eigenvalue weighted by Gasteiger charge is -2.07. The maximum Gasteiger partial charge on any atom is 0.100 e. The van der Waals surface area contributed by atoms with Crippen LogP contribution in [0.3, 0.4) is 0 Å². The zero-order valence-electron chi connectivity index (χ0n) is 9.17. The Balaban J connectivity index is 2.29. The highest BCUT2D eigenvalue weighted by Crippen LogP contribution is 2.23. The van der Waals surface area contributed by atoms with Crippen LogP contribution in [0.1, 0.15) is 0 Å². The van der Waals surface area contributed by atoms with E-state index in [9.17, 15) is 0 Å². The monoisotopic (exact) mass is 224 g/mol. The van der Waals surface area contributed by atoms with Crippen molar-refractivity contribution in [3.63, 3.8) is 0 Å². The predicted octanol–water partition coefficient (Wildman–Crippen LogP) is 2.19. The van der Waals surface area contributed by atoms with Crippen LogP contribution in [-0.4, -0.2) is 9.55 Å².